The summed E-state index contributed by atoms with van der Waals surface area (Å²) in [6, 6.07) is 10.2. The van der Waals surface area contributed by atoms with Crippen LogP contribution in [0.2, 0.25) is 5.28 Å². The van der Waals surface area contributed by atoms with Crippen LogP contribution in [0.15, 0.2) is 30.3 Å². The van der Waals surface area contributed by atoms with Crippen molar-refractivity contribution in [1.29, 1.82) is 0 Å². The summed E-state index contributed by atoms with van der Waals surface area (Å²) in [6.45, 7) is 4.11. The molecule has 0 bridgehead atoms. The van der Waals surface area contributed by atoms with Crippen molar-refractivity contribution in [3.05, 3.63) is 46.1 Å². The first-order chi connectivity index (χ1) is 9.11. The smallest absolute Gasteiger partial charge is 0.225 e. The Balaban J connectivity index is 2.09. The van der Waals surface area contributed by atoms with Crippen molar-refractivity contribution in [1.82, 2.24) is 9.97 Å². The lowest BCUT2D eigenvalue weighted by molar-refractivity contribution is 1.23. The quantitative estimate of drug-likeness (QED) is 0.695. The van der Waals surface area contributed by atoms with E-state index in [0.717, 1.165) is 21.7 Å². The van der Waals surface area contributed by atoms with E-state index >= 15 is 0 Å². The van der Waals surface area contributed by atoms with E-state index in [1.54, 1.807) is 11.3 Å². The van der Waals surface area contributed by atoms with Gasteiger partial charge in [-0.15, -0.1) is 11.3 Å². The van der Waals surface area contributed by atoms with Gasteiger partial charge in [-0.05, 0) is 49.2 Å². The molecule has 0 aliphatic heterocycles. The number of nitrogens with one attached hydrogen (secondary N) is 1. The summed E-state index contributed by atoms with van der Waals surface area (Å²) in [6.07, 6.45) is 0. The number of benzene rings is 1. The van der Waals surface area contributed by atoms with Crippen molar-refractivity contribution in [2.75, 3.05) is 5.32 Å². The maximum absolute atomic E-state index is 5.98. The maximum Gasteiger partial charge on any atom is 0.225 e. The Kier molecular flexibility index (Phi) is 3.12. The third-order valence-corrected chi connectivity index (χ3v) is 3.88. The topological polar surface area (TPSA) is 37.8 Å². The molecule has 1 aromatic carbocycles. The highest BCUT2D eigenvalue weighted by Crippen LogP contribution is 2.31. The summed E-state index contributed by atoms with van der Waals surface area (Å²) in [5, 5.41) is 4.59. The second kappa shape index (κ2) is 4.79. The summed E-state index contributed by atoms with van der Waals surface area (Å²) in [5.41, 5.74) is 2.20. The maximum atomic E-state index is 5.98. The molecule has 2 aromatic heterocycles. The summed E-state index contributed by atoms with van der Waals surface area (Å²) in [5.74, 6) is 0.755. The first kappa shape index (κ1) is 12.4. The highest BCUT2D eigenvalue weighted by Gasteiger charge is 2.09. The van der Waals surface area contributed by atoms with Crippen molar-refractivity contribution in [2.24, 2.45) is 0 Å². The van der Waals surface area contributed by atoms with Gasteiger partial charge in [0, 0.05) is 10.6 Å². The van der Waals surface area contributed by atoms with Crippen molar-refractivity contribution >= 4 is 44.7 Å². The number of halogens is 1. The molecule has 3 rings (SSSR count). The van der Waals surface area contributed by atoms with E-state index in [9.17, 15) is 0 Å². The van der Waals surface area contributed by atoms with Gasteiger partial charge in [0.05, 0.1) is 5.39 Å². The molecule has 3 aromatic rings. The highest BCUT2D eigenvalue weighted by atomic mass is 35.5. The average Bonchev–Trinajstić information content (AvgIpc) is 2.69. The molecule has 2 heterocycles. The fourth-order valence-electron chi connectivity index (χ4n) is 1.97. The molecule has 0 amide bonds. The van der Waals surface area contributed by atoms with E-state index in [2.05, 4.69) is 47.3 Å². The molecule has 96 valence electrons. The lowest BCUT2D eigenvalue weighted by Gasteiger charge is -2.07. The van der Waals surface area contributed by atoms with Crippen LogP contribution in [0.4, 0.5) is 11.5 Å². The van der Waals surface area contributed by atoms with E-state index in [0.29, 0.717) is 0 Å². The fraction of sp³-hybridized carbons (Fsp3) is 0.143. The SMILES string of the molecule is Cc1cccc(Nc2nc(Cl)nc3sc(C)cc23)c1. The van der Waals surface area contributed by atoms with Gasteiger partial charge in [-0.25, -0.2) is 4.98 Å². The minimum atomic E-state index is 0.268. The van der Waals surface area contributed by atoms with Gasteiger partial charge in [0.15, 0.2) is 0 Å². The van der Waals surface area contributed by atoms with Gasteiger partial charge in [-0.3, -0.25) is 0 Å². The molecule has 0 saturated heterocycles. The number of fused-ring (bicyclic) bond motifs is 1. The number of hydrogen-bond donors (Lipinski definition) is 1. The molecule has 19 heavy (non-hydrogen) atoms. The molecule has 5 heteroatoms. The van der Waals surface area contributed by atoms with Crippen LogP contribution in [0.5, 0.6) is 0 Å². The number of aryl methyl sites for hydroxylation is 2. The third kappa shape index (κ3) is 2.55. The van der Waals surface area contributed by atoms with Crippen LogP contribution < -0.4 is 5.32 Å². The van der Waals surface area contributed by atoms with E-state index in [1.807, 2.05) is 12.1 Å². The van der Waals surface area contributed by atoms with Crippen molar-refractivity contribution < 1.29 is 0 Å². The van der Waals surface area contributed by atoms with E-state index in [-0.39, 0.29) is 5.28 Å². The summed E-state index contributed by atoms with van der Waals surface area (Å²) < 4.78 is 0. The largest absolute Gasteiger partial charge is 0.340 e. The van der Waals surface area contributed by atoms with Gasteiger partial charge in [-0.2, -0.15) is 4.98 Å². The zero-order chi connectivity index (χ0) is 13.4. The van der Waals surface area contributed by atoms with Gasteiger partial charge < -0.3 is 5.32 Å². The number of hydrogen-bond acceptors (Lipinski definition) is 4. The number of rotatable bonds is 2. The number of thiophene rings is 1. The molecule has 3 nitrogen and oxygen atoms in total. The van der Waals surface area contributed by atoms with Gasteiger partial charge in [-0.1, -0.05) is 12.1 Å². The molecule has 0 fully saturated rings. The van der Waals surface area contributed by atoms with Gasteiger partial charge in [0.2, 0.25) is 5.28 Å². The Morgan fingerprint density at radius 1 is 1.16 bits per heavy atom. The van der Waals surface area contributed by atoms with E-state index in [1.165, 1.54) is 10.4 Å². The number of nitrogens with zero attached hydrogens (tertiary/aromatic N) is 2. The fourth-order valence-corrected chi connectivity index (χ4v) is 3.07. The van der Waals surface area contributed by atoms with Crippen LogP contribution in [-0.2, 0) is 0 Å². The lowest BCUT2D eigenvalue weighted by atomic mass is 10.2. The van der Waals surface area contributed by atoms with Crippen LogP contribution in [0.1, 0.15) is 10.4 Å². The summed E-state index contributed by atoms with van der Waals surface area (Å²) in [4.78, 5) is 10.6. The zero-order valence-electron chi connectivity index (χ0n) is 10.6. The molecular formula is C14H12ClN3S. The Morgan fingerprint density at radius 2 is 2.00 bits per heavy atom. The van der Waals surface area contributed by atoms with Crippen LogP contribution in [0.25, 0.3) is 10.2 Å². The van der Waals surface area contributed by atoms with E-state index < -0.39 is 0 Å². The first-order valence-corrected chi connectivity index (χ1v) is 7.08. The van der Waals surface area contributed by atoms with Crippen LogP contribution in [-0.4, -0.2) is 9.97 Å². The second-order valence-electron chi connectivity index (χ2n) is 4.41. The van der Waals surface area contributed by atoms with Crippen molar-refractivity contribution in [3.8, 4) is 0 Å². The predicted octanol–water partition coefficient (Wildman–Crippen LogP) is 4.71. The van der Waals surface area contributed by atoms with Crippen molar-refractivity contribution in [2.45, 2.75) is 13.8 Å². The standard InChI is InChI=1S/C14H12ClN3S/c1-8-4-3-5-10(6-8)16-12-11-7-9(2)19-13(11)18-14(15)17-12/h3-7H,1-2H3,(H,16,17,18). The first-order valence-electron chi connectivity index (χ1n) is 5.89. The Labute approximate surface area is 120 Å². The molecule has 0 aliphatic rings. The molecule has 0 spiro atoms. The molecule has 0 unspecified atom stereocenters. The molecule has 1 N–H and O–H groups in total. The Hall–Kier alpha value is -1.65. The monoisotopic (exact) mass is 289 g/mol. The Morgan fingerprint density at radius 3 is 2.79 bits per heavy atom. The van der Waals surface area contributed by atoms with Crippen LogP contribution >= 0.6 is 22.9 Å². The average molecular weight is 290 g/mol. The minimum absolute atomic E-state index is 0.268. The van der Waals surface area contributed by atoms with Gasteiger partial charge in [0.25, 0.3) is 0 Å². The molecular weight excluding hydrogens is 278 g/mol. The molecule has 0 atom stereocenters. The third-order valence-electron chi connectivity index (χ3n) is 2.77. The predicted molar refractivity (Wildman–Crippen MR) is 81.6 cm³/mol. The second-order valence-corrected chi connectivity index (χ2v) is 5.98. The van der Waals surface area contributed by atoms with Crippen molar-refractivity contribution in [3.63, 3.8) is 0 Å². The number of aromatic nitrogens is 2. The number of anilines is 2. The van der Waals surface area contributed by atoms with Crippen LogP contribution in [0, 0.1) is 13.8 Å². The summed E-state index contributed by atoms with van der Waals surface area (Å²) >= 11 is 7.59. The molecule has 0 aliphatic carbocycles. The summed E-state index contributed by atoms with van der Waals surface area (Å²) in [7, 11) is 0. The van der Waals surface area contributed by atoms with Gasteiger partial charge >= 0.3 is 0 Å². The Bertz CT molecular complexity index is 752. The van der Waals surface area contributed by atoms with Crippen LogP contribution in [0.3, 0.4) is 0 Å². The normalized spacial score (nSPS) is 10.9. The highest BCUT2D eigenvalue weighted by molar-refractivity contribution is 7.18. The van der Waals surface area contributed by atoms with E-state index in [4.69, 9.17) is 11.6 Å². The lowest BCUT2D eigenvalue weighted by Crippen LogP contribution is -1.96. The molecule has 0 saturated carbocycles. The molecule has 0 radical (unpaired) electrons. The minimum Gasteiger partial charge on any atom is -0.340 e. The van der Waals surface area contributed by atoms with Gasteiger partial charge in [0.1, 0.15) is 10.6 Å². The zero-order valence-corrected chi connectivity index (χ0v) is 12.1.